The molecule has 1 aromatic rings. The van der Waals surface area contributed by atoms with Crippen molar-refractivity contribution in [1.29, 1.82) is 0 Å². The number of nitrogens with zero attached hydrogens (tertiary/aromatic N) is 1. The average molecular weight is 288 g/mol. The molecular weight excluding hydrogens is 264 g/mol. The lowest BCUT2D eigenvalue weighted by atomic mass is 9.94. The zero-order valence-electron chi connectivity index (χ0n) is 13.1. The fourth-order valence-electron chi connectivity index (χ4n) is 3.47. The topological polar surface area (TPSA) is 41.6 Å². The maximum Gasteiger partial charge on any atom is 0.240 e. The lowest BCUT2D eigenvalue weighted by Gasteiger charge is -2.43. The largest absolute Gasteiger partial charge is 0.369 e. The molecule has 0 bridgehead atoms. The van der Waals surface area contributed by atoms with Crippen molar-refractivity contribution >= 4 is 5.91 Å². The molecule has 0 saturated carbocycles. The van der Waals surface area contributed by atoms with E-state index in [1.807, 2.05) is 31.7 Å². The van der Waals surface area contributed by atoms with E-state index in [0.29, 0.717) is 13.1 Å². The summed E-state index contributed by atoms with van der Waals surface area (Å²) in [6.45, 7) is 8.25. The second-order valence-electron chi connectivity index (χ2n) is 6.81. The van der Waals surface area contributed by atoms with Crippen LogP contribution < -0.4 is 5.32 Å². The Bertz CT molecular complexity index is 541. The Morgan fingerprint density at radius 2 is 2.05 bits per heavy atom. The van der Waals surface area contributed by atoms with Gasteiger partial charge in [-0.3, -0.25) is 4.79 Å². The molecule has 21 heavy (non-hydrogen) atoms. The highest BCUT2D eigenvalue weighted by Crippen LogP contribution is 2.23. The van der Waals surface area contributed by atoms with Crippen molar-refractivity contribution in [3.05, 3.63) is 35.4 Å². The number of ether oxygens (including phenoxy) is 1. The van der Waals surface area contributed by atoms with E-state index in [-0.39, 0.29) is 23.7 Å². The van der Waals surface area contributed by atoms with Crippen LogP contribution in [0.1, 0.15) is 31.9 Å². The van der Waals surface area contributed by atoms with Gasteiger partial charge < -0.3 is 15.0 Å². The molecule has 2 atom stereocenters. The highest BCUT2D eigenvalue weighted by molar-refractivity contribution is 5.82. The molecule has 2 heterocycles. The average Bonchev–Trinajstić information content (AvgIpc) is 2.44. The molecule has 1 N–H and O–H groups in total. The molecule has 4 heteroatoms. The van der Waals surface area contributed by atoms with Crippen LogP contribution in [0, 0.1) is 0 Å². The molecule has 2 aliphatic heterocycles. The molecule has 1 unspecified atom stereocenters. The number of morpholine rings is 1. The summed E-state index contributed by atoms with van der Waals surface area (Å²) in [6.07, 6.45) is 0.870. The fourth-order valence-corrected chi connectivity index (χ4v) is 3.47. The van der Waals surface area contributed by atoms with Gasteiger partial charge in [0.1, 0.15) is 0 Å². The van der Waals surface area contributed by atoms with E-state index in [4.69, 9.17) is 4.74 Å². The third-order valence-electron chi connectivity index (χ3n) is 4.26. The standard InChI is InChI=1S/C17H24N2O2/c1-12-10-19(11-17(2,3)21-12)16(20)15-8-13-6-4-5-7-14(13)9-18-15/h4-7,12,15,18H,8-11H2,1-3H3/t12?,15-/m1/s1. The van der Waals surface area contributed by atoms with Crippen molar-refractivity contribution in [2.45, 2.75) is 51.5 Å². The number of hydrogen-bond donors (Lipinski definition) is 1. The maximum absolute atomic E-state index is 12.8. The predicted molar refractivity (Wildman–Crippen MR) is 82.0 cm³/mol. The highest BCUT2D eigenvalue weighted by atomic mass is 16.5. The first kappa shape index (κ1) is 14.5. The summed E-state index contributed by atoms with van der Waals surface area (Å²) in [5.41, 5.74) is 2.33. The van der Waals surface area contributed by atoms with Crippen LogP contribution in [-0.2, 0) is 22.5 Å². The summed E-state index contributed by atoms with van der Waals surface area (Å²) < 4.78 is 5.88. The first-order chi connectivity index (χ1) is 9.94. The quantitative estimate of drug-likeness (QED) is 0.855. The van der Waals surface area contributed by atoms with Crippen LogP contribution >= 0.6 is 0 Å². The molecule has 1 fully saturated rings. The Morgan fingerprint density at radius 1 is 1.33 bits per heavy atom. The molecule has 114 valence electrons. The Morgan fingerprint density at radius 3 is 2.76 bits per heavy atom. The minimum Gasteiger partial charge on any atom is -0.369 e. The Balaban J connectivity index is 1.72. The minimum absolute atomic E-state index is 0.0913. The summed E-state index contributed by atoms with van der Waals surface area (Å²) in [5, 5.41) is 3.38. The first-order valence-corrected chi connectivity index (χ1v) is 7.71. The third kappa shape index (κ3) is 3.11. The van der Waals surface area contributed by atoms with Gasteiger partial charge in [-0.15, -0.1) is 0 Å². The van der Waals surface area contributed by atoms with Crippen LogP contribution in [0.5, 0.6) is 0 Å². The van der Waals surface area contributed by atoms with Gasteiger partial charge in [-0.25, -0.2) is 0 Å². The van der Waals surface area contributed by atoms with Gasteiger partial charge in [-0.2, -0.15) is 0 Å². The van der Waals surface area contributed by atoms with E-state index in [9.17, 15) is 4.79 Å². The number of nitrogens with one attached hydrogen (secondary N) is 1. The van der Waals surface area contributed by atoms with Gasteiger partial charge in [0.15, 0.2) is 0 Å². The lowest BCUT2D eigenvalue weighted by Crippen LogP contribution is -2.58. The molecule has 1 amide bonds. The van der Waals surface area contributed by atoms with Gasteiger partial charge in [0, 0.05) is 19.6 Å². The molecule has 0 aromatic heterocycles. The summed E-state index contributed by atoms with van der Waals surface area (Å²) in [4.78, 5) is 14.8. The number of fused-ring (bicyclic) bond motifs is 1. The van der Waals surface area contributed by atoms with Crippen LogP contribution in [0.15, 0.2) is 24.3 Å². The van der Waals surface area contributed by atoms with E-state index in [1.54, 1.807) is 0 Å². The monoisotopic (exact) mass is 288 g/mol. The van der Waals surface area contributed by atoms with E-state index >= 15 is 0 Å². The number of hydrogen-bond acceptors (Lipinski definition) is 3. The third-order valence-corrected chi connectivity index (χ3v) is 4.26. The normalized spacial score (nSPS) is 28.0. The molecule has 1 saturated heterocycles. The van der Waals surface area contributed by atoms with E-state index in [1.165, 1.54) is 11.1 Å². The summed E-state index contributed by atoms with van der Waals surface area (Å²) in [7, 11) is 0. The van der Waals surface area contributed by atoms with Crippen LogP contribution in [0.3, 0.4) is 0 Å². The highest BCUT2D eigenvalue weighted by Gasteiger charge is 2.36. The summed E-state index contributed by atoms with van der Waals surface area (Å²) >= 11 is 0. The molecule has 4 nitrogen and oxygen atoms in total. The molecular formula is C17H24N2O2. The van der Waals surface area contributed by atoms with Crippen molar-refractivity contribution in [3.8, 4) is 0 Å². The van der Waals surface area contributed by atoms with E-state index in [2.05, 4.69) is 23.5 Å². The molecule has 1 aromatic carbocycles. The summed E-state index contributed by atoms with van der Waals surface area (Å²) in [6, 6.07) is 8.24. The van der Waals surface area contributed by atoms with Gasteiger partial charge in [0.25, 0.3) is 0 Å². The van der Waals surface area contributed by atoms with Gasteiger partial charge in [-0.05, 0) is 38.3 Å². The van der Waals surface area contributed by atoms with Crippen molar-refractivity contribution in [2.75, 3.05) is 13.1 Å². The SMILES string of the molecule is CC1CN(C(=O)[C@H]2Cc3ccccc3CN2)CC(C)(C)O1. The number of amides is 1. The minimum atomic E-state index is -0.264. The van der Waals surface area contributed by atoms with Crippen LogP contribution in [-0.4, -0.2) is 41.6 Å². The number of carbonyl (C=O) groups excluding carboxylic acids is 1. The zero-order chi connectivity index (χ0) is 15.0. The Labute approximate surface area is 126 Å². The maximum atomic E-state index is 12.8. The van der Waals surface area contributed by atoms with E-state index < -0.39 is 0 Å². The second-order valence-corrected chi connectivity index (χ2v) is 6.81. The Hall–Kier alpha value is -1.39. The smallest absolute Gasteiger partial charge is 0.240 e. The van der Waals surface area contributed by atoms with Gasteiger partial charge in [0.2, 0.25) is 5.91 Å². The Kier molecular flexibility index (Phi) is 3.76. The lowest BCUT2D eigenvalue weighted by molar-refractivity contribution is -0.160. The molecule has 3 rings (SSSR count). The zero-order valence-corrected chi connectivity index (χ0v) is 13.1. The van der Waals surface area contributed by atoms with Gasteiger partial charge in [-0.1, -0.05) is 24.3 Å². The molecule has 0 spiro atoms. The van der Waals surface area contributed by atoms with Gasteiger partial charge in [0.05, 0.1) is 17.7 Å². The first-order valence-electron chi connectivity index (χ1n) is 7.71. The number of carbonyl (C=O) groups is 1. The van der Waals surface area contributed by atoms with Crippen molar-refractivity contribution in [3.63, 3.8) is 0 Å². The van der Waals surface area contributed by atoms with Crippen molar-refractivity contribution < 1.29 is 9.53 Å². The van der Waals surface area contributed by atoms with Crippen molar-refractivity contribution in [2.24, 2.45) is 0 Å². The predicted octanol–water partition coefficient (Wildman–Crippen LogP) is 1.73. The molecule has 0 aliphatic carbocycles. The van der Waals surface area contributed by atoms with Crippen molar-refractivity contribution in [1.82, 2.24) is 10.2 Å². The fraction of sp³-hybridized carbons (Fsp3) is 0.588. The van der Waals surface area contributed by atoms with Gasteiger partial charge >= 0.3 is 0 Å². The van der Waals surface area contributed by atoms with Crippen LogP contribution in [0.2, 0.25) is 0 Å². The van der Waals surface area contributed by atoms with Crippen LogP contribution in [0.4, 0.5) is 0 Å². The van der Waals surface area contributed by atoms with Crippen LogP contribution in [0.25, 0.3) is 0 Å². The summed E-state index contributed by atoms with van der Waals surface area (Å²) in [5.74, 6) is 0.202. The molecule has 0 radical (unpaired) electrons. The number of benzene rings is 1. The second kappa shape index (κ2) is 5.43. The number of rotatable bonds is 1. The van der Waals surface area contributed by atoms with E-state index in [0.717, 1.165) is 13.0 Å². The molecule has 2 aliphatic rings.